The van der Waals surface area contributed by atoms with E-state index in [4.69, 9.17) is 5.11 Å². The molecule has 1 atom stereocenters. The van der Waals surface area contributed by atoms with E-state index in [0.717, 1.165) is 6.42 Å². The lowest BCUT2D eigenvalue weighted by Gasteiger charge is -2.25. The van der Waals surface area contributed by atoms with Crippen molar-refractivity contribution in [1.29, 1.82) is 0 Å². The number of likely N-dealkylation sites (N-methyl/N-ethyl adjacent to an activating group) is 2. The molecule has 15 heavy (non-hydrogen) atoms. The van der Waals surface area contributed by atoms with Crippen molar-refractivity contribution in [2.75, 3.05) is 20.6 Å². The molecule has 1 aromatic rings. The minimum absolute atomic E-state index is 0.00819. The van der Waals surface area contributed by atoms with Gasteiger partial charge in [-0.3, -0.25) is 0 Å². The Morgan fingerprint density at radius 3 is 2.93 bits per heavy atom. The van der Waals surface area contributed by atoms with Crippen molar-refractivity contribution in [3.63, 3.8) is 0 Å². The number of amides is 1. The lowest BCUT2D eigenvalue weighted by molar-refractivity contribution is 0.138. The van der Waals surface area contributed by atoms with E-state index in [2.05, 4.69) is 5.32 Å². The van der Waals surface area contributed by atoms with Crippen LogP contribution in [0.25, 0.3) is 0 Å². The lowest BCUT2D eigenvalue weighted by atomic mass is 10.1. The summed E-state index contributed by atoms with van der Waals surface area (Å²) in [5, 5.41) is 13.9. The number of carbonyl (C=O) groups is 1. The van der Waals surface area contributed by atoms with Gasteiger partial charge in [0, 0.05) is 24.9 Å². The van der Waals surface area contributed by atoms with Crippen LogP contribution in [0.1, 0.15) is 4.88 Å². The van der Waals surface area contributed by atoms with Crippen LogP contribution in [0.4, 0.5) is 4.79 Å². The van der Waals surface area contributed by atoms with Crippen LogP contribution in [0.2, 0.25) is 0 Å². The van der Waals surface area contributed by atoms with Crippen molar-refractivity contribution < 1.29 is 9.90 Å². The first-order valence-electron chi connectivity index (χ1n) is 4.78. The van der Waals surface area contributed by atoms with Crippen LogP contribution in [-0.2, 0) is 6.42 Å². The molecule has 0 saturated carbocycles. The molecule has 0 aromatic carbocycles. The molecule has 0 bridgehead atoms. The predicted molar refractivity (Wildman–Crippen MR) is 61.5 cm³/mol. The van der Waals surface area contributed by atoms with Crippen LogP contribution < -0.4 is 5.32 Å². The fourth-order valence-corrected chi connectivity index (χ4v) is 2.18. The van der Waals surface area contributed by atoms with Gasteiger partial charge in [-0.2, -0.15) is 0 Å². The molecule has 0 fully saturated rings. The molecule has 2 N–H and O–H groups in total. The summed E-state index contributed by atoms with van der Waals surface area (Å²) in [6, 6.07) is 4.01. The van der Waals surface area contributed by atoms with E-state index >= 15 is 0 Å². The fraction of sp³-hybridized carbons (Fsp3) is 0.500. The van der Waals surface area contributed by atoms with E-state index in [1.165, 1.54) is 9.78 Å². The van der Waals surface area contributed by atoms with E-state index in [0.29, 0.717) is 6.54 Å². The third-order valence-electron chi connectivity index (χ3n) is 2.31. The Bertz CT molecular complexity index is 300. The second-order valence-electron chi connectivity index (χ2n) is 3.39. The lowest BCUT2D eigenvalue weighted by Crippen LogP contribution is -2.43. The molecular weight excluding hydrogens is 212 g/mol. The largest absolute Gasteiger partial charge is 0.465 e. The molecule has 84 valence electrons. The van der Waals surface area contributed by atoms with Crippen LogP contribution in [0, 0.1) is 0 Å². The fourth-order valence-electron chi connectivity index (χ4n) is 1.40. The molecule has 0 unspecified atom stereocenters. The van der Waals surface area contributed by atoms with Crippen LogP contribution in [0.15, 0.2) is 17.5 Å². The highest BCUT2D eigenvalue weighted by molar-refractivity contribution is 7.09. The maximum Gasteiger partial charge on any atom is 0.407 e. The molecule has 1 aromatic heterocycles. The van der Waals surface area contributed by atoms with Gasteiger partial charge in [0.2, 0.25) is 0 Å². The van der Waals surface area contributed by atoms with E-state index in [1.807, 2.05) is 24.6 Å². The van der Waals surface area contributed by atoms with Crippen molar-refractivity contribution in [3.05, 3.63) is 22.4 Å². The zero-order chi connectivity index (χ0) is 11.3. The summed E-state index contributed by atoms with van der Waals surface area (Å²) in [6.07, 6.45) is -0.117. The van der Waals surface area contributed by atoms with E-state index in [1.54, 1.807) is 18.4 Å². The van der Waals surface area contributed by atoms with Gasteiger partial charge in [0.15, 0.2) is 0 Å². The topological polar surface area (TPSA) is 52.6 Å². The van der Waals surface area contributed by atoms with Gasteiger partial charge in [-0.15, -0.1) is 11.3 Å². The van der Waals surface area contributed by atoms with Gasteiger partial charge in [-0.1, -0.05) is 6.07 Å². The number of nitrogens with zero attached hydrogens (tertiary/aromatic N) is 1. The summed E-state index contributed by atoms with van der Waals surface area (Å²) in [6.45, 7) is 0.667. The SMILES string of the molecule is CNC[C@@H](Cc1cccs1)N(C)C(=O)O. The highest BCUT2D eigenvalue weighted by Gasteiger charge is 2.18. The van der Waals surface area contributed by atoms with Crippen LogP contribution in [-0.4, -0.2) is 42.8 Å². The van der Waals surface area contributed by atoms with Crippen molar-refractivity contribution in [2.24, 2.45) is 0 Å². The van der Waals surface area contributed by atoms with Gasteiger partial charge >= 0.3 is 6.09 Å². The molecule has 0 aliphatic carbocycles. The first-order chi connectivity index (χ1) is 7.15. The second-order valence-corrected chi connectivity index (χ2v) is 4.42. The summed E-state index contributed by atoms with van der Waals surface area (Å²) in [4.78, 5) is 13.4. The first-order valence-corrected chi connectivity index (χ1v) is 5.66. The summed E-state index contributed by atoms with van der Waals surface area (Å²) in [7, 11) is 3.44. The van der Waals surface area contributed by atoms with E-state index in [9.17, 15) is 4.79 Å². The average Bonchev–Trinajstić information content (AvgIpc) is 2.68. The van der Waals surface area contributed by atoms with Gasteiger partial charge in [-0.05, 0) is 18.5 Å². The normalized spacial score (nSPS) is 12.4. The molecule has 1 heterocycles. The molecule has 5 heteroatoms. The average molecular weight is 228 g/mol. The zero-order valence-electron chi connectivity index (χ0n) is 8.93. The Morgan fingerprint density at radius 1 is 1.73 bits per heavy atom. The Kier molecular flexibility index (Phi) is 4.58. The third-order valence-corrected chi connectivity index (χ3v) is 3.20. The van der Waals surface area contributed by atoms with Gasteiger partial charge in [-0.25, -0.2) is 4.79 Å². The number of hydrogen-bond donors (Lipinski definition) is 2. The minimum Gasteiger partial charge on any atom is -0.465 e. The Hall–Kier alpha value is -1.07. The Balaban J connectivity index is 2.61. The zero-order valence-corrected chi connectivity index (χ0v) is 9.75. The van der Waals surface area contributed by atoms with Gasteiger partial charge in [0.05, 0.1) is 6.04 Å². The Morgan fingerprint density at radius 2 is 2.47 bits per heavy atom. The minimum atomic E-state index is -0.883. The molecule has 0 aliphatic heterocycles. The molecule has 4 nitrogen and oxygen atoms in total. The molecule has 1 rings (SSSR count). The maximum absolute atomic E-state index is 10.8. The van der Waals surface area contributed by atoms with Crippen molar-refractivity contribution >= 4 is 17.4 Å². The molecule has 0 radical (unpaired) electrons. The van der Waals surface area contributed by atoms with E-state index < -0.39 is 6.09 Å². The monoisotopic (exact) mass is 228 g/mol. The number of rotatable bonds is 5. The number of hydrogen-bond acceptors (Lipinski definition) is 3. The summed E-state index contributed by atoms with van der Waals surface area (Å²) < 4.78 is 0. The first kappa shape index (κ1) is 12.0. The number of carboxylic acid groups (broad SMARTS) is 1. The van der Waals surface area contributed by atoms with Crippen molar-refractivity contribution in [2.45, 2.75) is 12.5 Å². The van der Waals surface area contributed by atoms with Gasteiger partial charge in [0.25, 0.3) is 0 Å². The summed E-state index contributed by atoms with van der Waals surface area (Å²) in [5.74, 6) is 0. The van der Waals surface area contributed by atoms with Gasteiger partial charge in [0.1, 0.15) is 0 Å². The summed E-state index contributed by atoms with van der Waals surface area (Å²) in [5.41, 5.74) is 0. The molecule has 0 aliphatic rings. The highest BCUT2D eigenvalue weighted by Crippen LogP contribution is 2.13. The quantitative estimate of drug-likeness (QED) is 0.802. The molecular formula is C10H16N2O2S. The van der Waals surface area contributed by atoms with Crippen LogP contribution in [0.5, 0.6) is 0 Å². The predicted octanol–water partition coefficient (Wildman–Crippen LogP) is 1.49. The van der Waals surface area contributed by atoms with Gasteiger partial charge < -0.3 is 15.3 Å². The Labute approximate surface area is 93.5 Å². The molecule has 1 amide bonds. The van der Waals surface area contributed by atoms with E-state index in [-0.39, 0.29) is 6.04 Å². The summed E-state index contributed by atoms with van der Waals surface area (Å²) >= 11 is 1.66. The smallest absolute Gasteiger partial charge is 0.407 e. The standard InChI is InChI=1S/C10H16N2O2S/c1-11-7-8(12(2)10(13)14)6-9-4-3-5-15-9/h3-5,8,11H,6-7H2,1-2H3,(H,13,14)/t8-/m1/s1. The third kappa shape index (κ3) is 3.53. The van der Waals surface area contributed by atoms with Crippen molar-refractivity contribution in [3.8, 4) is 0 Å². The molecule has 0 saturated heterocycles. The van der Waals surface area contributed by atoms with Crippen molar-refractivity contribution in [1.82, 2.24) is 10.2 Å². The highest BCUT2D eigenvalue weighted by atomic mass is 32.1. The maximum atomic E-state index is 10.8. The number of thiophene rings is 1. The second kappa shape index (κ2) is 5.72. The van der Waals surface area contributed by atoms with Crippen LogP contribution in [0.3, 0.4) is 0 Å². The van der Waals surface area contributed by atoms with Crippen LogP contribution >= 0.6 is 11.3 Å². The molecule has 0 spiro atoms. The number of nitrogens with one attached hydrogen (secondary N) is 1.